The summed E-state index contributed by atoms with van der Waals surface area (Å²) in [4.78, 5) is 85.1. The van der Waals surface area contributed by atoms with Crippen LogP contribution in [0.3, 0.4) is 0 Å². The molecule has 1 aliphatic rings. The average molecular weight is 791 g/mol. The monoisotopic (exact) mass is 790 g/mol. The van der Waals surface area contributed by atoms with Crippen LogP contribution in [0, 0.1) is 6.92 Å². The minimum absolute atomic E-state index is 0.0535. The SMILES string of the molecule is COC(=O)CC[C@H](NC(=O)CCl)C(=O)N1CCCC[C@H]1C(=O)N[C@@H](Cc1c[nH]c2ccccc12)C(=O)N[C@@H](Cc1ccsc1)C(=O)NCc1ccc(C)cc1. The molecule has 5 rings (SSSR count). The van der Waals surface area contributed by atoms with E-state index < -0.39 is 59.6 Å². The molecule has 1 saturated heterocycles. The number of hydrogen-bond acceptors (Lipinski definition) is 8. The van der Waals surface area contributed by atoms with Gasteiger partial charge in [0.15, 0.2) is 0 Å². The van der Waals surface area contributed by atoms with Crippen molar-refractivity contribution in [2.75, 3.05) is 19.5 Å². The Morgan fingerprint density at radius 1 is 0.909 bits per heavy atom. The van der Waals surface area contributed by atoms with Gasteiger partial charge in [-0.2, -0.15) is 11.3 Å². The third-order valence-electron chi connectivity index (χ3n) is 9.68. The number of amides is 5. The molecule has 4 atom stereocenters. The fraction of sp³-hybridized carbons (Fsp3) is 0.400. The van der Waals surface area contributed by atoms with E-state index in [1.807, 2.05) is 72.3 Å². The van der Waals surface area contributed by atoms with Gasteiger partial charge in [0.2, 0.25) is 29.5 Å². The molecular weight excluding hydrogens is 744 g/mol. The summed E-state index contributed by atoms with van der Waals surface area (Å²) in [6, 6.07) is 13.1. The summed E-state index contributed by atoms with van der Waals surface area (Å²) < 4.78 is 4.73. The highest BCUT2D eigenvalue weighted by atomic mass is 35.5. The van der Waals surface area contributed by atoms with Gasteiger partial charge < -0.3 is 35.9 Å². The molecule has 2 aromatic carbocycles. The van der Waals surface area contributed by atoms with Crippen molar-refractivity contribution in [3.63, 3.8) is 0 Å². The van der Waals surface area contributed by atoms with E-state index >= 15 is 0 Å². The Balaban J connectivity index is 1.38. The molecule has 3 heterocycles. The Kier molecular flexibility index (Phi) is 14.8. The molecule has 2 aromatic heterocycles. The number of piperidine rings is 1. The van der Waals surface area contributed by atoms with E-state index in [1.54, 1.807) is 6.20 Å². The number of nitrogens with zero attached hydrogens (tertiary/aromatic N) is 1. The summed E-state index contributed by atoms with van der Waals surface area (Å²) in [5, 5.41) is 16.1. The van der Waals surface area contributed by atoms with Gasteiger partial charge in [-0.1, -0.05) is 48.0 Å². The van der Waals surface area contributed by atoms with Crippen LogP contribution < -0.4 is 21.3 Å². The van der Waals surface area contributed by atoms with Crippen molar-refractivity contribution in [1.29, 1.82) is 0 Å². The molecule has 1 fully saturated rings. The van der Waals surface area contributed by atoms with Crippen LogP contribution in [-0.2, 0) is 52.9 Å². The highest BCUT2D eigenvalue weighted by Gasteiger charge is 2.38. The van der Waals surface area contributed by atoms with E-state index in [2.05, 4.69) is 26.3 Å². The van der Waals surface area contributed by atoms with Gasteiger partial charge in [-0.15, -0.1) is 11.6 Å². The van der Waals surface area contributed by atoms with Crippen LogP contribution in [0.4, 0.5) is 0 Å². The van der Waals surface area contributed by atoms with Gasteiger partial charge in [0.1, 0.15) is 30.0 Å². The number of likely N-dealkylation sites (tertiary alicyclic amines) is 1. The first-order valence-corrected chi connectivity index (χ1v) is 19.8. The van der Waals surface area contributed by atoms with Crippen LogP contribution in [0.2, 0.25) is 0 Å². The van der Waals surface area contributed by atoms with Gasteiger partial charge in [0.05, 0.1) is 7.11 Å². The van der Waals surface area contributed by atoms with Crippen LogP contribution >= 0.6 is 22.9 Å². The largest absolute Gasteiger partial charge is 0.469 e. The number of rotatable bonds is 17. The van der Waals surface area contributed by atoms with Crippen molar-refractivity contribution in [1.82, 2.24) is 31.2 Å². The Hall–Kier alpha value is -5.21. The van der Waals surface area contributed by atoms with Crippen LogP contribution in [0.1, 0.15) is 54.4 Å². The second-order valence-electron chi connectivity index (χ2n) is 13.6. The first-order valence-electron chi connectivity index (χ1n) is 18.3. The Morgan fingerprint density at radius 2 is 1.67 bits per heavy atom. The summed E-state index contributed by atoms with van der Waals surface area (Å²) in [6.07, 6.45) is 3.49. The summed E-state index contributed by atoms with van der Waals surface area (Å²) in [6.45, 7) is 2.48. The number of alkyl halides is 1. The number of para-hydroxylation sites is 1. The molecule has 15 heteroatoms. The summed E-state index contributed by atoms with van der Waals surface area (Å²) in [5.41, 5.74) is 4.51. The normalized spacial score (nSPS) is 15.7. The molecule has 0 bridgehead atoms. The maximum atomic E-state index is 14.3. The molecule has 55 heavy (non-hydrogen) atoms. The lowest BCUT2D eigenvalue weighted by Crippen LogP contribution is -2.61. The topological polar surface area (TPSA) is 179 Å². The summed E-state index contributed by atoms with van der Waals surface area (Å²) >= 11 is 7.21. The van der Waals surface area contributed by atoms with Gasteiger partial charge in [-0.3, -0.25) is 28.8 Å². The van der Waals surface area contributed by atoms with E-state index in [1.165, 1.54) is 23.3 Å². The standard InChI is InChI=1S/C40H47ClN6O7S/c1-25-10-12-26(13-11-25)22-43-37(50)32(19-27-16-18-55-24-27)45-38(51)33(20-28-23-42-30-8-4-3-7-29(28)30)46-39(52)34-9-5-6-17-47(34)40(53)31(44-35(48)21-41)14-15-36(49)54-2/h3-4,7-8,10-13,16,18,23-24,31-34,42H,5-6,9,14-15,17,19-22H2,1-2H3,(H,43,50)(H,44,48)(H,45,51)(H,46,52)/t31-,32-,33-,34-/m0/s1. The molecular formula is C40H47ClN6O7S. The van der Waals surface area contributed by atoms with Crippen LogP contribution in [0.5, 0.6) is 0 Å². The van der Waals surface area contributed by atoms with E-state index in [4.69, 9.17) is 16.3 Å². The second-order valence-corrected chi connectivity index (χ2v) is 14.7. The van der Waals surface area contributed by atoms with E-state index in [0.29, 0.717) is 19.3 Å². The lowest BCUT2D eigenvalue weighted by molar-refractivity contribution is -0.146. The van der Waals surface area contributed by atoms with Crippen molar-refractivity contribution in [2.45, 2.75) is 82.6 Å². The third kappa shape index (κ3) is 11.4. The number of aryl methyl sites for hydroxylation is 1. The summed E-state index contributed by atoms with van der Waals surface area (Å²) in [5.74, 6) is -3.59. The quantitative estimate of drug-likeness (QED) is 0.0801. The van der Waals surface area contributed by atoms with Crippen molar-refractivity contribution in [3.05, 3.63) is 93.8 Å². The molecule has 0 spiro atoms. The number of carbonyl (C=O) groups excluding carboxylic acids is 6. The van der Waals surface area contributed by atoms with Gasteiger partial charge in [0.25, 0.3) is 0 Å². The minimum atomic E-state index is -1.13. The lowest BCUT2D eigenvalue weighted by atomic mass is 9.97. The van der Waals surface area contributed by atoms with Crippen LogP contribution in [0.25, 0.3) is 10.9 Å². The molecule has 0 radical (unpaired) electrons. The molecule has 0 saturated carbocycles. The number of fused-ring (bicyclic) bond motifs is 1. The predicted molar refractivity (Wildman–Crippen MR) is 210 cm³/mol. The molecule has 292 valence electrons. The fourth-order valence-corrected chi connectivity index (χ4v) is 7.42. The number of esters is 1. The van der Waals surface area contributed by atoms with Gasteiger partial charge in [-0.25, -0.2) is 0 Å². The summed E-state index contributed by atoms with van der Waals surface area (Å²) in [7, 11) is 1.23. The molecule has 5 amide bonds. The molecule has 1 aliphatic heterocycles. The fourth-order valence-electron chi connectivity index (χ4n) is 6.66. The van der Waals surface area contributed by atoms with Crippen LogP contribution in [0.15, 0.2) is 71.6 Å². The number of hydrogen-bond donors (Lipinski definition) is 5. The van der Waals surface area contributed by atoms with E-state index in [-0.39, 0.29) is 44.7 Å². The lowest BCUT2D eigenvalue weighted by Gasteiger charge is -2.37. The number of carbonyl (C=O) groups is 6. The Bertz CT molecular complexity index is 1950. The van der Waals surface area contributed by atoms with E-state index in [9.17, 15) is 28.8 Å². The molecule has 13 nitrogen and oxygen atoms in total. The Labute approximate surface area is 328 Å². The number of aromatic nitrogens is 1. The molecule has 4 aromatic rings. The van der Waals surface area contributed by atoms with Crippen molar-refractivity contribution in [3.8, 4) is 0 Å². The first kappa shape index (κ1) is 41.0. The van der Waals surface area contributed by atoms with Gasteiger partial charge in [-0.05, 0) is 72.2 Å². The van der Waals surface area contributed by atoms with Crippen molar-refractivity contribution >= 4 is 69.3 Å². The average Bonchev–Trinajstić information content (AvgIpc) is 3.88. The smallest absolute Gasteiger partial charge is 0.305 e. The third-order valence-corrected chi connectivity index (χ3v) is 10.7. The zero-order valence-corrected chi connectivity index (χ0v) is 32.5. The molecule has 0 unspecified atom stereocenters. The van der Waals surface area contributed by atoms with Crippen LogP contribution in [-0.4, -0.2) is 89.1 Å². The number of aromatic amines is 1. The maximum absolute atomic E-state index is 14.3. The number of nitrogens with one attached hydrogen (secondary N) is 5. The van der Waals surface area contributed by atoms with Gasteiger partial charge in [0, 0.05) is 49.5 Å². The van der Waals surface area contributed by atoms with E-state index in [0.717, 1.165) is 33.2 Å². The number of thiophene rings is 1. The highest BCUT2D eigenvalue weighted by Crippen LogP contribution is 2.22. The first-order chi connectivity index (χ1) is 26.6. The number of halogens is 1. The minimum Gasteiger partial charge on any atom is -0.469 e. The predicted octanol–water partition coefficient (Wildman–Crippen LogP) is 3.67. The second kappa shape index (κ2) is 19.9. The molecule has 0 aliphatic carbocycles. The number of methoxy groups -OCH3 is 1. The maximum Gasteiger partial charge on any atom is 0.305 e. The number of benzene rings is 2. The molecule has 5 N–H and O–H groups in total. The van der Waals surface area contributed by atoms with Crippen molar-refractivity contribution in [2.24, 2.45) is 0 Å². The van der Waals surface area contributed by atoms with Crippen molar-refractivity contribution < 1.29 is 33.5 Å². The number of H-pyrrole nitrogens is 1. The zero-order chi connectivity index (χ0) is 39.3. The zero-order valence-electron chi connectivity index (χ0n) is 30.9. The highest BCUT2D eigenvalue weighted by molar-refractivity contribution is 7.07. The van der Waals surface area contributed by atoms with Gasteiger partial charge >= 0.3 is 5.97 Å². The number of ether oxygens (including phenoxy) is 1. The Morgan fingerprint density at radius 3 is 2.40 bits per heavy atom.